The van der Waals surface area contributed by atoms with Crippen LogP contribution < -0.4 is 4.90 Å². The van der Waals surface area contributed by atoms with E-state index in [1.807, 2.05) is 6.21 Å². The van der Waals surface area contributed by atoms with Crippen molar-refractivity contribution in [2.75, 3.05) is 26.2 Å². The van der Waals surface area contributed by atoms with Gasteiger partial charge in [-0.3, -0.25) is 5.01 Å². The number of quaternary nitrogens is 1. The Bertz CT molecular complexity index is 959. The number of rotatable bonds is 3. The minimum Gasteiger partial charge on any atom is -0.322 e. The predicted octanol–water partition coefficient (Wildman–Crippen LogP) is 3.75. The van der Waals surface area contributed by atoms with Gasteiger partial charge < -0.3 is 4.90 Å². The number of benzene rings is 3. The highest BCUT2D eigenvalue weighted by molar-refractivity contribution is 9.10. The van der Waals surface area contributed by atoms with E-state index in [9.17, 15) is 0 Å². The van der Waals surface area contributed by atoms with Crippen molar-refractivity contribution in [3.8, 4) is 11.1 Å². The molecule has 1 N–H and O–H groups in total. The number of nitrogens with zero attached hydrogens (tertiary/aromatic N) is 2. The lowest BCUT2D eigenvalue weighted by molar-refractivity contribution is -0.929. The molecule has 5 rings (SSSR count). The van der Waals surface area contributed by atoms with E-state index in [4.69, 9.17) is 5.10 Å². The first kappa shape index (κ1) is 17.7. The second-order valence-electron chi connectivity index (χ2n) is 7.52. The zero-order valence-corrected chi connectivity index (χ0v) is 17.3. The van der Waals surface area contributed by atoms with Gasteiger partial charge in [-0.1, -0.05) is 76.6 Å². The second kappa shape index (κ2) is 7.53. The molecule has 4 heteroatoms. The van der Waals surface area contributed by atoms with Crippen molar-refractivity contribution < 1.29 is 4.90 Å². The van der Waals surface area contributed by atoms with E-state index in [0.29, 0.717) is 6.04 Å². The number of halogens is 1. The van der Waals surface area contributed by atoms with Gasteiger partial charge in [-0.05, 0) is 28.8 Å². The summed E-state index contributed by atoms with van der Waals surface area (Å²) in [5.74, 6) is 0. The van der Waals surface area contributed by atoms with E-state index in [1.165, 1.54) is 22.3 Å². The predicted molar refractivity (Wildman–Crippen MR) is 118 cm³/mol. The largest absolute Gasteiger partial charge is 0.322 e. The third kappa shape index (κ3) is 3.27. The van der Waals surface area contributed by atoms with Crippen LogP contribution in [0.25, 0.3) is 11.1 Å². The summed E-state index contributed by atoms with van der Waals surface area (Å²) in [6, 6.07) is 26.6. The van der Waals surface area contributed by atoms with Gasteiger partial charge in [0.2, 0.25) is 0 Å². The number of nitrogens with one attached hydrogen (secondary N) is 1. The van der Waals surface area contributed by atoms with Crippen LogP contribution in [-0.4, -0.2) is 37.4 Å². The van der Waals surface area contributed by atoms with Crippen molar-refractivity contribution in [3.63, 3.8) is 0 Å². The van der Waals surface area contributed by atoms with E-state index in [2.05, 4.69) is 93.7 Å². The van der Waals surface area contributed by atoms with Gasteiger partial charge in [-0.2, -0.15) is 5.10 Å². The normalized spacial score (nSPS) is 17.1. The third-order valence-corrected chi connectivity index (χ3v) is 6.39. The van der Waals surface area contributed by atoms with Gasteiger partial charge in [-0.25, -0.2) is 0 Å². The van der Waals surface area contributed by atoms with Crippen LogP contribution in [0.4, 0.5) is 0 Å². The van der Waals surface area contributed by atoms with Crippen molar-refractivity contribution in [2.24, 2.45) is 5.10 Å². The Hall–Kier alpha value is -2.43. The van der Waals surface area contributed by atoms with E-state index in [0.717, 1.165) is 36.2 Å². The number of hydrazone groups is 1. The monoisotopic (exact) mass is 432 g/mol. The average Bonchev–Trinajstić information content (AvgIpc) is 3.08. The molecule has 0 amide bonds. The molecule has 0 saturated carbocycles. The van der Waals surface area contributed by atoms with Gasteiger partial charge in [0.1, 0.15) is 6.04 Å². The number of piperazine rings is 1. The van der Waals surface area contributed by atoms with Crippen LogP contribution in [0, 0.1) is 0 Å². The van der Waals surface area contributed by atoms with Gasteiger partial charge in [0.25, 0.3) is 0 Å². The Morgan fingerprint density at radius 3 is 2.00 bits per heavy atom. The van der Waals surface area contributed by atoms with Crippen molar-refractivity contribution in [2.45, 2.75) is 6.04 Å². The fourth-order valence-corrected chi connectivity index (χ4v) is 4.74. The molecular formula is C24H23BrN3+. The molecule has 140 valence electrons. The molecule has 0 spiro atoms. The average molecular weight is 433 g/mol. The minimum atomic E-state index is 0.449. The molecule has 2 aliphatic rings. The molecule has 28 heavy (non-hydrogen) atoms. The first-order chi connectivity index (χ1) is 13.8. The fraction of sp³-hybridized carbons (Fsp3) is 0.208. The van der Waals surface area contributed by atoms with Crippen LogP contribution in [-0.2, 0) is 0 Å². The summed E-state index contributed by atoms with van der Waals surface area (Å²) in [7, 11) is 0. The fourth-order valence-electron chi connectivity index (χ4n) is 4.48. The summed E-state index contributed by atoms with van der Waals surface area (Å²) in [4.78, 5) is 1.65. The smallest absolute Gasteiger partial charge is 0.140 e. The zero-order valence-electron chi connectivity index (χ0n) is 15.7. The van der Waals surface area contributed by atoms with Crippen LogP contribution in [0.3, 0.4) is 0 Å². The highest BCUT2D eigenvalue weighted by Crippen LogP contribution is 2.41. The molecular weight excluding hydrogens is 410 g/mol. The summed E-state index contributed by atoms with van der Waals surface area (Å²) in [6.07, 6.45) is 1.97. The number of hydrogen-bond donors (Lipinski definition) is 1. The minimum absolute atomic E-state index is 0.449. The first-order valence-corrected chi connectivity index (χ1v) is 10.7. The van der Waals surface area contributed by atoms with Crippen LogP contribution in [0.15, 0.2) is 82.4 Å². The molecule has 1 saturated heterocycles. The van der Waals surface area contributed by atoms with Gasteiger partial charge in [0, 0.05) is 15.6 Å². The lowest BCUT2D eigenvalue weighted by Crippen LogP contribution is -3.14. The number of fused-ring (bicyclic) bond motifs is 3. The topological polar surface area (TPSA) is 20.0 Å². The third-order valence-electron chi connectivity index (χ3n) is 5.86. The molecule has 0 aromatic heterocycles. The molecule has 0 radical (unpaired) electrons. The highest BCUT2D eigenvalue weighted by Gasteiger charge is 2.37. The standard InChI is InChI=1S/C24H22BrN3/c25-19-11-9-18(10-12-19)17-26-28-15-13-27(14-16-28)24-22-7-3-1-5-20(22)21-6-2-4-8-23(21)24/h1-12,17,24H,13-16H2/p+1/b26-17-. The van der Waals surface area contributed by atoms with Gasteiger partial charge in [0.15, 0.2) is 0 Å². The summed E-state index contributed by atoms with van der Waals surface area (Å²) in [6.45, 7) is 4.18. The van der Waals surface area contributed by atoms with Crippen molar-refractivity contribution >= 4 is 22.1 Å². The van der Waals surface area contributed by atoms with E-state index < -0.39 is 0 Å². The molecule has 1 fully saturated rings. The maximum atomic E-state index is 4.71. The highest BCUT2D eigenvalue weighted by atomic mass is 79.9. The van der Waals surface area contributed by atoms with Gasteiger partial charge in [-0.15, -0.1) is 0 Å². The summed E-state index contributed by atoms with van der Waals surface area (Å²) in [5.41, 5.74) is 6.91. The Labute approximate surface area is 174 Å². The maximum Gasteiger partial charge on any atom is 0.140 e. The molecule has 3 aromatic rings. The quantitative estimate of drug-likeness (QED) is 0.624. The maximum absolute atomic E-state index is 4.71. The molecule has 0 atom stereocenters. The van der Waals surface area contributed by atoms with Crippen LogP contribution in [0.2, 0.25) is 0 Å². The van der Waals surface area contributed by atoms with Crippen molar-refractivity contribution in [1.29, 1.82) is 0 Å². The molecule has 1 aliphatic heterocycles. The summed E-state index contributed by atoms with van der Waals surface area (Å²) in [5, 5.41) is 6.92. The van der Waals surface area contributed by atoms with E-state index in [-0.39, 0.29) is 0 Å². The molecule has 1 heterocycles. The lowest BCUT2D eigenvalue weighted by Gasteiger charge is -2.34. The molecule has 0 unspecified atom stereocenters. The SMILES string of the molecule is Brc1ccc(/C=N\N2CC[NH+](C3c4ccccc4-c4ccccc43)CC2)cc1. The van der Waals surface area contributed by atoms with E-state index in [1.54, 1.807) is 4.90 Å². The molecule has 0 bridgehead atoms. The molecule has 1 aliphatic carbocycles. The van der Waals surface area contributed by atoms with Crippen LogP contribution in [0.1, 0.15) is 22.7 Å². The Kier molecular flexibility index (Phi) is 4.75. The van der Waals surface area contributed by atoms with Crippen molar-refractivity contribution in [1.82, 2.24) is 5.01 Å². The van der Waals surface area contributed by atoms with Crippen LogP contribution in [0.5, 0.6) is 0 Å². The Balaban J connectivity index is 1.31. The Morgan fingerprint density at radius 1 is 0.821 bits per heavy atom. The second-order valence-corrected chi connectivity index (χ2v) is 8.43. The zero-order chi connectivity index (χ0) is 18.9. The van der Waals surface area contributed by atoms with Crippen LogP contribution >= 0.6 is 15.9 Å². The van der Waals surface area contributed by atoms with E-state index >= 15 is 0 Å². The molecule has 3 aromatic carbocycles. The summed E-state index contributed by atoms with van der Waals surface area (Å²) >= 11 is 3.48. The molecule has 3 nitrogen and oxygen atoms in total. The lowest BCUT2D eigenvalue weighted by atomic mass is 10.0. The first-order valence-electron chi connectivity index (χ1n) is 9.87. The summed E-state index contributed by atoms with van der Waals surface area (Å²) < 4.78 is 1.10. The van der Waals surface area contributed by atoms with Gasteiger partial charge in [0.05, 0.1) is 32.4 Å². The van der Waals surface area contributed by atoms with Crippen molar-refractivity contribution in [3.05, 3.63) is 94.0 Å². The number of hydrogen-bond acceptors (Lipinski definition) is 2. The van der Waals surface area contributed by atoms with Gasteiger partial charge >= 0.3 is 0 Å². The Morgan fingerprint density at radius 2 is 1.39 bits per heavy atom.